The molecule has 10 heteroatoms. The van der Waals surface area contributed by atoms with Crippen molar-refractivity contribution in [2.24, 2.45) is 12.0 Å². The second-order valence-electron chi connectivity index (χ2n) is 6.18. The third kappa shape index (κ3) is 5.33. The molecule has 2 aromatic rings. The molecule has 28 heavy (non-hydrogen) atoms. The topological polar surface area (TPSA) is 87.9 Å². The van der Waals surface area contributed by atoms with Gasteiger partial charge in [0.2, 0.25) is 11.8 Å². The highest BCUT2D eigenvalue weighted by atomic mass is 127. The summed E-state index contributed by atoms with van der Waals surface area (Å²) in [4.78, 5) is 25.4. The molecule has 1 amide bonds. The smallest absolute Gasteiger partial charge is 0.246 e. The normalized spacial score (nSPS) is 14.7. The van der Waals surface area contributed by atoms with Crippen LogP contribution in [0.25, 0.3) is 0 Å². The summed E-state index contributed by atoms with van der Waals surface area (Å²) < 4.78 is 6.85. The molecule has 0 saturated carbocycles. The minimum Gasteiger partial charge on any atom is -0.481 e. The first-order valence-electron chi connectivity index (χ1n) is 8.93. The molecular formula is C18H26IN7O2. The monoisotopic (exact) mass is 499 g/mol. The molecule has 0 atom stereocenters. The molecule has 3 rings (SSSR count). The van der Waals surface area contributed by atoms with E-state index < -0.39 is 0 Å². The van der Waals surface area contributed by atoms with Crippen molar-refractivity contribution in [1.82, 2.24) is 25.0 Å². The van der Waals surface area contributed by atoms with Crippen molar-refractivity contribution in [1.29, 1.82) is 0 Å². The van der Waals surface area contributed by atoms with Crippen molar-refractivity contribution in [3.05, 3.63) is 36.3 Å². The lowest BCUT2D eigenvalue weighted by Crippen LogP contribution is -2.55. The number of aliphatic imine (C=N–C) groups is 1. The van der Waals surface area contributed by atoms with E-state index in [1.54, 1.807) is 29.0 Å². The van der Waals surface area contributed by atoms with E-state index >= 15 is 0 Å². The van der Waals surface area contributed by atoms with Gasteiger partial charge in [0, 0.05) is 38.9 Å². The number of hydrogen-bond acceptors (Lipinski definition) is 5. The maximum atomic E-state index is 12.6. The summed E-state index contributed by atoms with van der Waals surface area (Å²) in [7, 11) is 3.43. The number of guanidine groups is 1. The predicted octanol–water partition coefficient (Wildman–Crippen LogP) is 1.26. The van der Waals surface area contributed by atoms with Gasteiger partial charge in [0.05, 0.1) is 31.2 Å². The molecule has 0 unspecified atom stereocenters. The van der Waals surface area contributed by atoms with E-state index in [1.165, 1.54) is 0 Å². The van der Waals surface area contributed by atoms with Gasteiger partial charge in [0.25, 0.3) is 0 Å². The predicted molar refractivity (Wildman–Crippen MR) is 118 cm³/mol. The van der Waals surface area contributed by atoms with E-state index in [2.05, 4.69) is 20.4 Å². The molecule has 1 aliphatic heterocycles. The van der Waals surface area contributed by atoms with Crippen LogP contribution in [0, 0.1) is 0 Å². The number of aryl methyl sites for hydroxylation is 1. The number of nitrogens with zero attached hydrogens (tertiary/aromatic N) is 6. The molecule has 3 heterocycles. The zero-order valence-electron chi connectivity index (χ0n) is 16.3. The van der Waals surface area contributed by atoms with E-state index in [0.717, 1.165) is 17.9 Å². The Morgan fingerprint density at radius 3 is 2.82 bits per heavy atom. The zero-order chi connectivity index (χ0) is 19.2. The summed E-state index contributed by atoms with van der Waals surface area (Å²) in [6.07, 6.45) is 3.56. The number of piperazine rings is 1. The molecular weight excluding hydrogens is 473 g/mol. The Labute approximate surface area is 181 Å². The van der Waals surface area contributed by atoms with Crippen LogP contribution < -0.4 is 15.0 Å². The number of pyridine rings is 1. The van der Waals surface area contributed by atoms with Crippen LogP contribution in [-0.2, 0) is 18.4 Å². The summed E-state index contributed by atoms with van der Waals surface area (Å²) in [6.45, 7) is 4.70. The fourth-order valence-corrected chi connectivity index (χ4v) is 2.92. The van der Waals surface area contributed by atoms with Crippen molar-refractivity contribution in [2.75, 3.05) is 38.2 Å². The van der Waals surface area contributed by atoms with E-state index in [9.17, 15) is 4.79 Å². The molecule has 0 aliphatic carbocycles. The molecule has 1 aliphatic rings. The number of rotatable bonds is 5. The van der Waals surface area contributed by atoms with Crippen molar-refractivity contribution in [2.45, 2.75) is 13.5 Å². The van der Waals surface area contributed by atoms with Crippen LogP contribution >= 0.6 is 24.0 Å². The molecule has 1 fully saturated rings. The molecule has 152 valence electrons. The highest BCUT2D eigenvalue weighted by Crippen LogP contribution is 2.16. The van der Waals surface area contributed by atoms with Gasteiger partial charge in [-0.1, -0.05) is 6.07 Å². The first-order chi connectivity index (χ1) is 13.1. The van der Waals surface area contributed by atoms with Gasteiger partial charge >= 0.3 is 0 Å². The van der Waals surface area contributed by atoms with Gasteiger partial charge in [-0.05, 0) is 13.0 Å². The van der Waals surface area contributed by atoms with E-state index in [-0.39, 0.29) is 36.4 Å². The van der Waals surface area contributed by atoms with E-state index in [0.29, 0.717) is 31.5 Å². The number of hydrogen-bond donors (Lipinski definition) is 1. The summed E-state index contributed by atoms with van der Waals surface area (Å²) in [5.41, 5.74) is 1.63. The average molecular weight is 499 g/mol. The van der Waals surface area contributed by atoms with Crippen LogP contribution in [0.4, 0.5) is 5.69 Å². The lowest BCUT2D eigenvalue weighted by atomic mass is 10.3. The van der Waals surface area contributed by atoms with Crippen LogP contribution in [0.3, 0.4) is 0 Å². The summed E-state index contributed by atoms with van der Waals surface area (Å²) >= 11 is 0. The van der Waals surface area contributed by atoms with Crippen LogP contribution in [0.15, 0.2) is 35.6 Å². The summed E-state index contributed by atoms with van der Waals surface area (Å²) in [5.74, 6) is 1.30. The Kier molecular flexibility index (Phi) is 8.03. The number of aromatic nitrogens is 3. The van der Waals surface area contributed by atoms with E-state index in [1.807, 2.05) is 37.2 Å². The van der Waals surface area contributed by atoms with Gasteiger partial charge in [-0.3, -0.25) is 9.48 Å². The van der Waals surface area contributed by atoms with Crippen LogP contribution in [0.2, 0.25) is 0 Å². The Hall–Kier alpha value is -2.37. The maximum absolute atomic E-state index is 12.6. The van der Waals surface area contributed by atoms with Crippen LogP contribution in [0.1, 0.15) is 12.6 Å². The maximum Gasteiger partial charge on any atom is 0.246 e. The van der Waals surface area contributed by atoms with Gasteiger partial charge in [-0.15, -0.1) is 24.0 Å². The van der Waals surface area contributed by atoms with Gasteiger partial charge < -0.3 is 19.9 Å². The number of ether oxygens (including phenoxy) is 1. The van der Waals surface area contributed by atoms with Crippen molar-refractivity contribution in [3.8, 4) is 5.88 Å². The molecule has 9 nitrogen and oxygen atoms in total. The molecule has 0 spiro atoms. The average Bonchev–Trinajstić information content (AvgIpc) is 3.11. The van der Waals surface area contributed by atoms with Gasteiger partial charge in [0.15, 0.2) is 5.96 Å². The number of carbonyl (C=O) groups is 1. The van der Waals surface area contributed by atoms with Crippen molar-refractivity contribution in [3.63, 3.8) is 0 Å². The lowest BCUT2D eigenvalue weighted by molar-refractivity contribution is -0.120. The van der Waals surface area contributed by atoms with Crippen LogP contribution in [-0.4, -0.2) is 64.8 Å². The second kappa shape index (κ2) is 10.2. The molecule has 0 aromatic carbocycles. The number of carbonyl (C=O) groups excluding carboxylic acids is 1. The largest absolute Gasteiger partial charge is 0.481 e. The molecule has 2 aromatic heterocycles. The van der Waals surface area contributed by atoms with Crippen molar-refractivity contribution >= 4 is 41.5 Å². The fourth-order valence-electron chi connectivity index (χ4n) is 2.92. The number of amides is 1. The summed E-state index contributed by atoms with van der Waals surface area (Å²) in [6, 6.07) is 5.59. The Bertz CT molecular complexity index is 824. The van der Waals surface area contributed by atoms with Gasteiger partial charge in [-0.25, -0.2) is 9.98 Å². The number of methoxy groups -OCH3 is 1. The first-order valence-corrected chi connectivity index (χ1v) is 8.93. The Morgan fingerprint density at radius 2 is 2.18 bits per heavy atom. The third-order valence-electron chi connectivity index (χ3n) is 4.24. The Balaban J connectivity index is 0.00000280. The molecule has 0 radical (unpaired) electrons. The zero-order valence-corrected chi connectivity index (χ0v) is 18.7. The lowest BCUT2D eigenvalue weighted by Gasteiger charge is -2.35. The SMILES string of the molecule is CCNC(=NCc1cccc(OC)n1)N1CCN(c2cnn(C)c2)C(=O)C1.I. The van der Waals surface area contributed by atoms with Gasteiger partial charge in [0.1, 0.15) is 6.54 Å². The minimum absolute atomic E-state index is 0. The standard InChI is InChI=1S/C18H25N7O2.HI/c1-4-19-18(20-10-14-6-5-7-16(22-14)27-3)24-8-9-25(17(26)13-24)15-11-21-23(2)12-15;/h5-7,11-12H,4,8-10,13H2,1-3H3,(H,19,20);1H. The second-order valence-corrected chi connectivity index (χ2v) is 6.18. The fraction of sp³-hybridized carbons (Fsp3) is 0.444. The highest BCUT2D eigenvalue weighted by Gasteiger charge is 2.27. The molecule has 1 saturated heterocycles. The van der Waals surface area contributed by atoms with Crippen LogP contribution in [0.5, 0.6) is 5.88 Å². The highest BCUT2D eigenvalue weighted by molar-refractivity contribution is 14.0. The number of halogens is 1. The number of anilines is 1. The number of nitrogens with one attached hydrogen (secondary N) is 1. The molecule has 1 N–H and O–H groups in total. The van der Waals surface area contributed by atoms with E-state index in [4.69, 9.17) is 4.74 Å². The van der Waals surface area contributed by atoms with Gasteiger partial charge in [-0.2, -0.15) is 5.10 Å². The third-order valence-corrected chi connectivity index (χ3v) is 4.24. The molecule has 0 bridgehead atoms. The summed E-state index contributed by atoms with van der Waals surface area (Å²) in [5, 5.41) is 7.40. The quantitative estimate of drug-likeness (QED) is 0.379. The Morgan fingerprint density at radius 1 is 1.36 bits per heavy atom. The first kappa shape index (κ1) is 21.9. The van der Waals surface area contributed by atoms with Crippen molar-refractivity contribution < 1.29 is 9.53 Å². The minimum atomic E-state index is 0.